The van der Waals surface area contributed by atoms with Crippen molar-refractivity contribution in [3.8, 4) is 0 Å². The van der Waals surface area contributed by atoms with E-state index in [1.54, 1.807) is 0 Å². The lowest BCUT2D eigenvalue weighted by molar-refractivity contribution is 0.105. The summed E-state index contributed by atoms with van der Waals surface area (Å²) in [6.45, 7) is 11.1. The molecule has 1 aliphatic heterocycles. The third-order valence-corrected chi connectivity index (χ3v) is 4.02. The Morgan fingerprint density at radius 2 is 2.00 bits per heavy atom. The first-order valence-electron chi connectivity index (χ1n) is 6.66. The van der Waals surface area contributed by atoms with Crippen molar-refractivity contribution >= 4 is 0 Å². The van der Waals surface area contributed by atoms with Gasteiger partial charge in [-0.2, -0.15) is 0 Å². The molecule has 1 heterocycles. The first-order chi connectivity index (χ1) is 7.62. The number of rotatable bonds is 7. The maximum absolute atomic E-state index is 3.79. The topological polar surface area (TPSA) is 15.3 Å². The van der Waals surface area contributed by atoms with Crippen LogP contribution in [0.25, 0.3) is 0 Å². The summed E-state index contributed by atoms with van der Waals surface area (Å²) >= 11 is 0. The summed E-state index contributed by atoms with van der Waals surface area (Å²) in [5.74, 6) is 0. The second-order valence-corrected chi connectivity index (χ2v) is 5.41. The number of hydrogen-bond donors (Lipinski definition) is 1. The summed E-state index contributed by atoms with van der Waals surface area (Å²) in [7, 11) is 2.09. The standard InChI is InChI=1S/C14H28N2/c1-5-6-7-10-13(15-4)14(2,3)16-11-8-9-12-16/h5,13,15H,1,6-12H2,2-4H3. The molecule has 0 aliphatic carbocycles. The molecule has 0 aromatic rings. The van der Waals surface area contributed by atoms with Gasteiger partial charge in [0, 0.05) is 11.6 Å². The highest BCUT2D eigenvalue weighted by atomic mass is 15.2. The minimum absolute atomic E-state index is 0.284. The summed E-state index contributed by atoms with van der Waals surface area (Å²) in [5.41, 5.74) is 0.284. The van der Waals surface area contributed by atoms with Gasteiger partial charge in [0.25, 0.3) is 0 Å². The third kappa shape index (κ3) is 3.33. The maximum Gasteiger partial charge on any atom is 0.0306 e. The number of nitrogens with one attached hydrogen (secondary N) is 1. The number of likely N-dealkylation sites (N-methyl/N-ethyl adjacent to an activating group) is 1. The average Bonchev–Trinajstić information content (AvgIpc) is 2.78. The first-order valence-corrected chi connectivity index (χ1v) is 6.66. The zero-order valence-corrected chi connectivity index (χ0v) is 11.3. The van der Waals surface area contributed by atoms with Gasteiger partial charge in [-0.15, -0.1) is 6.58 Å². The fourth-order valence-electron chi connectivity index (χ4n) is 2.83. The van der Waals surface area contributed by atoms with E-state index >= 15 is 0 Å². The molecular weight excluding hydrogens is 196 g/mol. The van der Waals surface area contributed by atoms with Crippen LogP contribution in [0.3, 0.4) is 0 Å². The zero-order chi connectivity index (χ0) is 12.0. The SMILES string of the molecule is C=CCCCC(NC)C(C)(C)N1CCCC1. The minimum Gasteiger partial charge on any atom is -0.315 e. The van der Waals surface area contributed by atoms with E-state index in [-0.39, 0.29) is 5.54 Å². The van der Waals surface area contributed by atoms with Gasteiger partial charge in [-0.05, 0) is 66.1 Å². The zero-order valence-electron chi connectivity index (χ0n) is 11.3. The minimum atomic E-state index is 0.284. The molecule has 0 aromatic heterocycles. The van der Waals surface area contributed by atoms with Crippen LogP contribution in [0.4, 0.5) is 0 Å². The molecule has 1 aliphatic rings. The van der Waals surface area contributed by atoms with E-state index < -0.39 is 0 Å². The molecule has 94 valence electrons. The summed E-state index contributed by atoms with van der Waals surface area (Å²) < 4.78 is 0. The number of nitrogens with zero attached hydrogens (tertiary/aromatic N) is 1. The lowest BCUT2D eigenvalue weighted by Gasteiger charge is -2.42. The molecule has 0 spiro atoms. The van der Waals surface area contributed by atoms with Gasteiger partial charge in [-0.1, -0.05) is 6.08 Å². The highest BCUT2D eigenvalue weighted by Crippen LogP contribution is 2.26. The average molecular weight is 224 g/mol. The van der Waals surface area contributed by atoms with Gasteiger partial charge >= 0.3 is 0 Å². The van der Waals surface area contributed by atoms with Crippen molar-refractivity contribution in [2.75, 3.05) is 20.1 Å². The quantitative estimate of drug-likeness (QED) is 0.528. The van der Waals surface area contributed by atoms with Gasteiger partial charge in [0.05, 0.1) is 0 Å². The Bertz CT molecular complexity index is 205. The van der Waals surface area contributed by atoms with Crippen LogP contribution in [0.2, 0.25) is 0 Å². The van der Waals surface area contributed by atoms with Gasteiger partial charge in [-0.25, -0.2) is 0 Å². The van der Waals surface area contributed by atoms with Crippen LogP contribution in [0.15, 0.2) is 12.7 Å². The van der Waals surface area contributed by atoms with Crippen molar-refractivity contribution in [2.24, 2.45) is 0 Å². The molecule has 0 bridgehead atoms. The van der Waals surface area contributed by atoms with Crippen molar-refractivity contribution in [3.05, 3.63) is 12.7 Å². The van der Waals surface area contributed by atoms with E-state index in [0.29, 0.717) is 6.04 Å². The maximum atomic E-state index is 3.79. The van der Waals surface area contributed by atoms with Gasteiger partial charge in [0.1, 0.15) is 0 Å². The molecule has 2 heteroatoms. The molecule has 2 nitrogen and oxygen atoms in total. The van der Waals surface area contributed by atoms with Crippen LogP contribution in [-0.4, -0.2) is 36.6 Å². The van der Waals surface area contributed by atoms with E-state index in [4.69, 9.17) is 0 Å². The van der Waals surface area contributed by atoms with Crippen LogP contribution in [0.1, 0.15) is 46.0 Å². The molecule has 1 saturated heterocycles. The second-order valence-electron chi connectivity index (χ2n) is 5.41. The predicted molar refractivity (Wildman–Crippen MR) is 71.8 cm³/mol. The summed E-state index contributed by atoms with van der Waals surface area (Å²) in [6, 6.07) is 0.588. The molecular formula is C14H28N2. The van der Waals surface area contributed by atoms with Crippen molar-refractivity contribution in [1.29, 1.82) is 0 Å². The highest BCUT2D eigenvalue weighted by molar-refractivity contribution is 4.94. The Kier molecular flexibility index (Phi) is 5.50. The van der Waals surface area contributed by atoms with Crippen LogP contribution in [0.5, 0.6) is 0 Å². The Labute approximate surface area is 101 Å². The van der Waals surface area contributed by atoms with Crippen LogP contribution < -0.4 is 5.32 Å². The van der Waals surface area contributed by atoms with Gasteiger partial charge in [-0.3, -0.25) is 4.90 Å². The molecule has 1 N–H and O–H groups in total. The smallest absolute Gasteiger partial charge is 0.0306 e. The van der Waals surface area contributed by atoms with E-state index in [9.17, 15) is 0 Å². The number of likely N-dealkylation sites (tertiary alicyclic amines) is 1. The van der Waals surface area contributed by atoms with Gasteiger partial charge < -0.3 is 5.32 Å². The first kappa shape index (κ1) is 13.7. The summed E-state index contributed by atoms with van der Waals surface area (Å²) in [4.78, 5) is 2.64. The normalized spacial score (nSPS) is 19.9. The van der Waals surface area contributed by atoms with Crippen LogP contribution >= 0.6 is 0 Å². The lowest BCUT2D eigenvalue weighted by Crippen LogP contribution is -2.56. The summed E-state index contributed by atoms with van der Waals surface area (Å²) in [5, 5.41) is 3.50. The Hall–Kier alpha value is -0.340. The Balaban J connectivity index is 2.50. The predicted octanol–water partition coefficient (Wildman–Crippen LogP) is 2.81. The largest absolute Gasteiger partial charge is 0.315 e. The highest BCUT2D eigenvalue weighted by Gasteiger charge is 2.35. The third-order valence-electron chi connectivity index (χ3n) is 4.02. The molecule has 0 radical (unpaired) electrons. The molecule has 1 fully saturated rings. The van der Waals surface area contributed by atoms with Crippen LogP contribution in [0, 0.1) is 0 Å². The summed E-state index contributed by atoms with van der Waals surface area (Å²) in [6.07, 6.45) is 8.38. The molecule has 0 saturated carbocycles. The van der Waals surface area contributed by atoms with Crippen molar-refractivity contribution in [3.63, 3.8) is 0 Å². The molecule has 1 unspecified atom stereocenters. The number of hydrogen-bond acceptors (Lipinski definition) is 2. The molecule has 1 rings (SSSR count). The van der Waals surface area contributed by atoms with Gasteiger partial charge in [0.15, 0.2) is 0 Å². The van der Waals surface area contributed by atoms with Crippen molar-refractivity contribution in [2.45, 2.75) is 57.5 Å². The van der Waals surface area contributed by atoms with Crippen molar-refractivity contribution in [1.82, 2.24) is 10.2 Å². The van der Waals surface area contributed by atoms with E-state index in [2.05, 4.69) is 37.7 Å². The molecule has 16 heavy (non-hydrogen) atoms. The monoisotopic (exact) mass is 224 g/mol. The van der Waals surface area contributed by atoms with E-state index in [0.717, 1.165) is 6.42 Å². The van der Waals surface area contributed by atoms with E-state index in [1.165, 1.54) is 38.8 Å². The number of allylic oxidation sites excluding steroid dienone is 1. The Morgan fingerprint density at radius 1 is 1.38 bits per heavy atom. The van der Waals surface area contributed by atoms with Gasteiger partial charge in [0.2, 0.25) is 0 Å². The lowest BCUT2D eigenvalue weighted by atomic mass is 9.89. The number of unbranched alkanes of at least 4 members (excludes halogenated alkanes) is 1. The fourth-order valence-corrected chi connectivity index (χ4v) is 2.83. The second kappa shape index (κ2) is 6.41. The fraction of sp³-hybridized carbons (Fsp3) is 0.857. The van der Waals surface area contributed by atoms with E-state index in [1.807, 2.05) is 6.08 Å². The van der Waals surface area contributed by atoms with Crippen LogP contribution in [-0.2, 0) is 0 Å². The Morgan fingerprint density at radius 3 is 2.50 bits per heavy atom. The molecule has 1 atom stereocenters. The van der Waals surface area contributed by atoms with Crippen molar-refractivity contribution < 1.29 is 0 Å². The molecule has 0 aromatic carbocycles. The molecule has 0 amide bonds.